The van der Waals surface area contributed by atoms with Crippen molar-refractivity contribution in [3.05, 3.63) is 42.2 Å². The van der Waals surface area contributed by atoms with Gasteiger partial charge in [0.05, 0.1) is 11.0 Å². The molecule has 0 fully saturated rings. The van der Waals surface area contributed by atoms with Gasteiger partial charge in [-0.3, -0.25) is 4.79 Å². The summed E-state index contributed by atoms with van der Waals surface area (Å²) in [6.45, 7) is 0. The van der Waals surface area contributed by atoms with Crippen molar-refractivity contribution in [3.63, 3.8) is 0 Å². The Morgan fingerprint density at radius 1 is 1.20 bits per heavy atom. The van der Waals surface area contributed by atoms with Crippen LogP contribution in [0.25, 0.3) is 16.9 Å². The summed E-state index contributed by atoms with van der Waals surface area (Å²) in [5, 5.41) is 6.65. The minimum atomic E-state index is -0.268. The first kappa shape index (κ1) is 12.1. The average Bonchev–Trinajstić information content (AvgIpc) is 2.95. The first-order valence-electron chi connectivity index (χ1n) is 5.99. The smallest absolute Gasteiger partial charge is 0.271 e. The van der Waals surface area contributed by atoms with E-state index in [1.54, 1.807) is 19.3 Å². The van der Waals surface area contributed by atoms with Gasteiger partial charge in [0.15, 0.2) is 17.3 Å². The minimum absolute atomic E-state index is 0.259. The number of para-hydroxylation sites is 2. The maximum absolute atomic E-state index is 11.5. The van der Waals surface area contributed by atoms with Gasteiger partial charge in [-0.05, 0) is 18.2 Å². The summed E-state index contributed by atoms with van der Waals surface area (Å²) >= 11 is 0. The highest BCUT2D eigenvalue weighted by Gasteiger charge is 2.12. The van der Waals surface area contributed by atoms with Gasteiger partial charge in [0, 0.05) is 13.2 Å². The number of fused-ring (bicyclic) bond motifs is 1. The SMILES string of the molecule is CNC(=O)c1ccn(-c2nc3ccccc3nc2N)n1. The number of nitrogens with two attached hydrogens (primary N) is 1. The molecule has 3 N–H and O–H groups in total. The van der Waals surface area contributed by atoms with E-state index >= 15 is 0 Å². The lowest BCUT2D eigenvalue weighted by atomic mass is 10.3. The maximum atomic E-state index is 11.5. The van der Waals surface area contributed by atoms with Crippen LogP contribution in [0.5, 0.6) is 0 Å². The van der Waals surface area contributed by atoms with Gasteiger partial charge in [-0.1, -0.05) is 12.1 Å². The fourth-order valence-corrected chi connectivity index (χ4v) is 1.86. The highest BCUT2D eigenvalue weighted by molar-refractivity contribution is 5.92. The second-order valence-electron chi connectivity index (χ2n) is 4.15. The van der Waals surface area contributed by atoms with Crippen molar-refractivity contribution in [2.75, 3.05) is 12.8 Å². The molecule has 2 aromatic heterocycles. The number of hydrogen-bond acceptors (Lipinski definition) is 5. The van der Waals surface area contributed by atoms with Crippen molar-refractivity contribution in [3.8, 4) is 5.82 Å². The van der Waals surface area contributed by atoms with Crippen molar-refractivity contribution in [1.29, 1.82) is 0 Å². The van der Waals surface area contributed by atoms with Gasteiger partial charge in [-0.15, -0.1) is 0 Å². The molecular formula is C13H12N6O. The molecule has 3 aromatic rings. The summed E-state index contributed by atoms with van der Waals surface area (Å²) in [5.41, 5.74) is 7.63. The minimum Gasteiger partial charge on any atom is -0.381 e. The largest absolute Gasteiger partial charge is 0.381 e. The van der Waals surface area contributed by atoms with Gasteiger partial charge in [0.1, 0.15) is 0 Å². The van der Waals surface area contributed by atoms with Crippen molar-refractivity contribution in [2.24, 2.45) is 0 Å². The van der Waals surface area contributed by atoms with Crippen LogP contribution in [0.15, 0.2) is 36.5 Å². The van der Waals surface area contributed by atoms with E-state index < -0.39 is 0 Å². The highest BCUT2D eigenvalue weighted by Crippen LogP contribution is 2.17. The molecule has 0 aliphatic carbocycles. The molecule has 7 nitrogen and oxygen atoms in total. The molecule has 1 aromatic carbocycles. The number of benzene rings is 1. The first-order valence-corrected chi connectivity index (χ1v) is 5.99. The topological polar surface area (TPSA) is 98.7 Å². The van der Waals surface area contributed by atoms with Crippen LogP contribution in [0.2, 0.25) is 0 Å². The lowest BCUT2D eigenvalue weighted by Gasteiger charge is -2.05. The molecule has 0 radical (unpaired) electrons. The number of rotatable bonds is 2. The Morgan fingerprint density at radius 2 is 1.90 bits per heavy atom. The molecule has 0 aliphatic rings. The van der Waals surface area contributed by atoms with Crippen LogP contribution in [-0.2, 0) is 0 Å². The van der Waals surface area contributed by atoms with Crippen molar-refractivity contribution < 1.29 is 4.79 Å². The molecule has 0 unspecified atom stereocenters. The van der Waals surface area contributed by atoms with E-state index in [2.05, 4.69) is 20.4 Å². The van der Waals surface area contributed by atoms with Gasteiger partial charge in [-0.2, -0.15) is 5.10 Å². The monoisotopic (exact) mass is 268 g/mol. The number of anilines is 1. The second kappa shape index (κ2) is 4.61. The summed E-state index contributed by atoms with van der Waals surface area (Å²) < 4.78 is 1.44. The maximum Gasteiger partial charge on any atom is 0.271 e. The normalized spacial score (nSPS) is 10.7. The zero-order chi connectivity index (χ0) is 14.1. The van der Waals surface area contributed by atoms with E-state index in [-0.39, 0.29) is 11.7 Å². The van der Waals surface area contributed by atoms with Crippen LogP contribution in [0.4, 0.5) is 5.82 Å². The Hall–Kier alpha value is -2.96. The molecule has 100 valence electrons. The number of nitrogens with one attached hydrogen (secondary N) is 1. The number of carbonyl (C=O) groups excluding carboxylic acids is 1. The Morgan fingerprint density at radius 3 is 2.60 bits per heavy atom. The molecule has 0 saturated carbocycles. The third-order valence-electron chi connectivity index (χ3n) is 2.84. The van der Waals surface area contributed by atoms with Gasteiger partial charge in [0.25, 0.3) is 5.91 Å². The highest BCUT2D eigenvalue weighted by atomic mass is 16.1. The van der Waals surface area contributed by atoms with E-state index in [1.807, 2.05) is 24.3 Å². The number of nitrogens with zero attached hydrogens (tertiary/aromatic N) is 4. The Kier molecular flexibility index (Phi) is 2.79. The van der Waals surface area contributed by atoms with E-state index in [4.69, 9.17) is 5.73 Å². The Labute approximate surface area is 114 Å². The third-order valence-corrected chi connectivity index (χ3v) is 2.84. The fraction of sp³-hybridized carbons (Fsp3) is 0.0769. The Balaban J connectivity index is 2.11. The van der Waals surface area contributed by atoms with Crippen LogP contribution in [0.1, 0.15) is 10.5 Å². The van der Waals surface area contributed by atoms with Crippen molar-refractivity contribution in [2.45, 2.75) is 0 Å². The van der Waals surface area contributed by atoms with Gasteiger partial charge >= 0.3 is 0 Å². The predicted molar refractivity (Wildman–Crippen MR) is 74.5 cm³/mol. The van der Waals surface area contributed by atoms with Crippen LogP contribution in [-0.4, -0.2) is 32.7 Å². The lowest BCUT2D eigenvalue weighted by Crippen LogP contribution is -2.18. The van der Waals surface area contributed by atoms with Crippen LogP contribution in [0.3, 0.4) is 0 Å². The molecular weight excluding hydrogens is 256 g/mol. The van der Waals surface area contributed by atoms with E-state index in [0.717, 1.165) is 0 Å². The first-order chi connectivity index (χ1) is 9.69. The molecule has 0 bridgehead atoms. The molecule has 0 aliphatic heterocycles. The van der Waals surface area contributed by atoms with Gasteiger partial charge < -0.3 is 11.1 Å². The fourth-order valence-electron chi connectivity index (χ4n) is 1.86. The summed E-state index contributed by atoms with van der Waals surface area (Å²) in [5.74, 6) is 0.394. The quantitative estimate of drug-likeness (QED) is 0.714. The van der Waals surface area contributed by atoms with Crippen molar-refractivity contribution >= 4 is 22.8 Å². The van der Waals surface area contributed by atoms with E-state index in [1.165, 1.54) is 4.68 Å². The number of aromatic nitrogens is 4. The summed E-state index contributed by atoms with van der Waals surface area (Å²) in [6.07, 6.45) is 1.62. The summed E-state index contributed by atoms with van der Waals surface area (Å²) in [7, 11) is 1.55. The van der Waals surface area contributed by atoms with E-state index in [9.17, 15) is 4.79 Å². The van der Waals surface area contributed by atoms with Gasteiger partial charge in [0.2, 0.25) is 0 Å². The third kappa shape index (κ3) is 1.95. The van der Waals surface area contributed by atoms with Crippen LogP contribution < -0.4 is 11.1 Å². The Bertz CT molecular complexity index is 794. The van der Waals surface area contributed by atoms with Crippen molar-refractivity contribution in [1.82, 2.24) is 25.1 Å². The molecule has 0 atom stereocenters. The molecule has 3 rings (SSSR count). The average molecular weight is 268 g/mol. The zero-order valence-electron chi connectivity index (χ0n) is 10.7. The second-order valence-corrected chi connectivity index (χ2v) is 4.15. The molecule has 20 heavy (non-hydrogen) atoms. The molecule has 7 heteroatoms. The summed E-state index contributed by atoms with van der Waals surface area (Å²) in [4.78, 5) is 20.2. The lowest BCUT2D eigenvalue weighted by molar-refractivity contribution is 0.0957. The summed E-state index contributed by atoms with van der Waals surface area (Å²) in [6, 6.07) is 9.01. The number of carbonyl (C=O) groups is 1. The predicted octanol–water partition coefficient (Wildman–Crippen LogP) is 0.757. The molecule has 0 saturated heterocycles. The number of nitrogen functional groups attached to an aromatic ring is 1. The standard InChI is InChI=1S/C13H12N6O/c1-15-13(20)10-6-7-19(18-10)12-11(14)16-8-4-2-3-5-9(8)17-12/h2-7H,1H3,(H2,14,16)(H,15,20). The molecule has 2 heterocycles. The molecule has 0 spiro atoms. The number of hydrogen-bond donors (Lipinski definition) is 2. The van der Waals surface area contributed by atoms with Gasteiger partial charge in [-0.25, -0.2) is 14.6 Å². The molecule has 1 amide bonds. The van der Waals surface area contributed by atoms with E-state index in [0.29, 0.717) is 22.5 Å². The zero-order valence-corrected chi connectivity index (χ0v) is 10.7. The van der Waals surface area contributed by atoms with Crippen LogP contribution in [0, 0.1) is 0 Å². The number of amides is 1. The van der Waals surface area contributed by atoms with Crippen LogP contribution >= 0.6 is 0 Å².